The Bertz CT molecular complexity index is 542. The Morgan fingerprint density at radius 3 is 1.57 bits per heavy atom. The smallest absolute Gasteiger partial charge is 0.342 e. The van der Waals surface area contributed by atoms with Crippen molar-refractivity contribution < 1.29 is 23.5 Å². The zero-order chi connectivity index (χ0) is 16.4. The van der Waals surface area contributed by atoms with E-state index >= 15 is 0 Å². The summed E-state index contributed by atoms with van der Waals surface area (Å²) in [6, 6.07) is 0. The second-order valence-electron chi connectivity index (χ2n) is 6.49. The number of hydrogen-bond acceptors (Lipinski definition) is 5. The van der Waals surface area contributed by atoms with Crippen LogP contribution in [0.3, 0.4) is 0 Å². The molecule has 5 nitrogen and oxygen atoms in total. The average molecular weight is 320 g/mol. The molecule has 0 unspecified atom stereocenters. The Labute approximate surface area is 136 Å². The fourth-order valence-electron chi connectivity index (χ4n) is 2.56. The van der Waals surface area contributed by atoms with Crippen LogP contribution in [0.25, 0.3) is 0 Å². The average Bonchev–Trinajstić information content (AvgIpc) is 3.47. The minimum Gasteiger partial charge on any atom is -0.464 e. The van der Waals surface area contributed by atoms with Gasteiger partial charge in [-0.15, -0.1) is 0 Å². The molecular formula is C18H24O5. The maximum absolute atomic E-state index is 12.5. The van der Waals surface area contributed by atoms with Crippen molar-refractivity contribution in [2.24, 2.45) is 11.8 Å². The van der Waals surface area contributed by atoms with Crippen LogP contribution in [0.2, 0.25) is 0 Å². The topological polar surface area (TPSA) is 65.7 Å². The van der Waals surface area contributed by atoms with E-state index in [2.05, 4.69) is 0 Å². The molecule has 3 rings (SSSR count). The summed E-state index contributed by atoms with van der Waals surface area (Å²) in [5.74, 6) is 1.06. The van der Waals surface area contributed by atoms with Gasteiger partial charge in [0.15, 0.2) is 0 Å². The van der Waals surface area contributed by atoms with Crippen LogP contribution < -0.4 is 0 Å². The van der Waals surface area contributed by atoms with Gasteiger partial charge in [0.1, 0.15) is 22.6 Å². The van der Waals surface area contributed by atoms with Gasteiger partial charge in [-0.1, -0.05) is 13.8 Å². The number of hydrogen-bond donors (Lipinski definition) is 0. The van der Waals surface area contributed by atoms with Crippen LogP contribution in [0.15, 0.2) is 4.42 Å². The highest BCUT2D eigenvalue weighted by Crippen LogP contribution is 2.32. The van der Waals surface area contributed by atoms with Crippen LogP contribution in [0.4, 0.5) is 0 Å². The van der Waals surface area contributed by atoms with Gasteiger partial charge in [-0.3, -0.25) is 0 Å². The summed E-state index contributed by atoms with van der Waals surface area (Å²) in [7, 11) is 0. The number of rotatable bonds is 8. The summed E-state index contributed by atoms with van der Waals surface area (Å²) in [4.78, 5) is 24.9. The fourth-order valence-corrected chi connectivity index (χ4v) is 2.56. The van der Waals surface area contributed by atoms with E-state index in [9.17, 15) is 9.59 Å². The monoisotopic (exact) mass is 320 g/mol. The van der Waals surface area contributed by atoms with Crippen LogP contribution in [-0.4, -0.2) is 25.2 Å². The molecule has 2 aliphatic carbocycles. The van der Waals surface area contributed by atoms with Crippen molar-refractivity contribution in [3.8, 4) is 0 Å². The summed E-state index contributed by atoms with van der Waals surface area (Å²) in [5.41, 5.74) is 0.539. The highest BCUT2D eigenvalue weighted by molar-refractivity contribution is 6.04. The van der Waals surface area contributed by atoms with Crippen LogP contribution in [0.5, 0.6) is 0 Å². The predicted molar refractivity (Wildman–Crippen MR) is 83.5 cm³/mol. The summed E-state index contributed by atoms with van der Waals surface area (Å²) < 4.78 is 16.5. The molecule has 0 spiro atoms. The minimum atomic E-state index is -0.462. The van der Waals surface area contributed by atoms with Crippen molar-refractivity contribution in [2.45, 2.75) is 52.4 Å². The maximum atomic E-state index is 12.5. The second kappa shape index (κ2) is 6.77. The summed E-state index contributed by atoms with van der Waals surface area (Å²) in [6.45, 7) is 4.64. The lowest BCUT2D eigenvalue weighted by Crippen LogP contribution is -2.16. The van der Waals surface area contributed by atoms with Crippen LogP contribution in [0, 0.1) is 11.8 Å². The predicted octanol–water partition coefficient (Wildman–Crippen LogP) is 3.54. The maximum Gasteiger partial charge on any atom is 0.342 e. The molecule has 2 fully saturated rings. The van der Waals surface area contributed by atoms with Gasteiger partial charge >= 0.3 is 11.9 Å². The van der Waals surface area contributed by atoms with Crippen LogP contribution in [-0.2, 0) is 22.3 Å². The third-order valence-corrected chi connectivity index (χ3v) is 4.40. The van der Waals surface area contributed by atoms with Crippen LogP contribution >= 0.6 is 0 Å². The van der Waals surface area contributed by atoms with Gasteiger partial charge in [0.2, 0.25) is 0 Å². The summed E-state index contributed by atoms with van der Waals surface area (Å²) >= 11 is 0. The molecule has 126 valence electrons. The molecule has 0 N–H and O–H groups in total. The van der Waals surface area contributed by atoms with Crippen molar-refractivity contribution >= 4 is 11.9 Å². The zero-order valence-electron chi connectivity index (χ0n) is 13.9. The second-order valence-corrected chi connectivity index (χ2v) is 6.49. The largest absolute Gasteiger partial charge is 0.464 e. The van der Waals surface area contributed by atoms with E-state index < -0.39 is 11.9 Å². The van der Waals surface area contributed by atoms with Crippen molar-refractivity contribution in [3.63, 3.8) is 0 Å². The lowest BCUT2D eigenvalue weighted by atomic mass is 10.1. The zero-order valence-corrected chi connectivity index (χ0v) is 13.9. The first kappa shape index (κ1) is 16.1. The molecule has 5 heteroatoms. The van der Waals surface area contributed by atoms with E-state index in [1.807, 2.05) is 13.8 Å². The third kappa shape index (κ3) is 3.77. The summed E-state index contributed by atoms with van der Waals surface area (Å²) in [5, 5.41) is 0. The molecule has 23 heavy (non-hydrogen) atoms. The summed E-state index contributed by atoms with van der Waals surface area (Å²) in [6.07, 6.45) is 5.50. The van der Waals surface area contributed by atoms with Gasteiger partial charge in [0, 0.05) is 12.8 Å². The molecule has 0 atom stereocenters. The molecule has 2 saturated carbocycles. The molecule has 2 aliphatic rings. The number of carbonyl (C=O) groups excluding carboxylic acids is 2. The van der Waals surface area contributed by atoms with E-state index in [1.54, 1.807) is 0 Å². The Morgan fingerprint density at radius 2 is 1.26 bits per heavy atom. The Balaban J connectivity index is 1.81. The molecule has 1 aromatic rings. The number of furan rings is 1. The van der Waals surface area contributed by atoms with E-state index in [1.165, 1.54) is 0 Å². The van der Waals surface area contributed by atoms with Crippen molar-refractivity contribution in [3.05, 3.63) is 22.6 Å². The highest BCUT2D eigenvalue weighted by Gasteiger charge is 2.33. The molecule has 0 radical (unpaired) electrons. The molecule has 0 saturated heterocycles. The Morgan fingerprint density at radius 1 is 0.870 bits per heavy atom. The van der Waals surface area contributed by atoms with Gasteiger partial charge in [-0.05, 0) is 37.5 Å². The SMILES string of the molecule is CCc1oc(CC)c(C(=O)OCC2CC2)c1C(=O)OCC1CC1. The molecule has 0 aromatic carbocycles. The van der Waals surface area contributed by atoms with Gasteiger partial charge in [-0.25, -0.2) is 9.59 Å². The number of ether oxygens (including phenoxy) is 2. The Hall–Kier alpha value is -1.78. The third-order valence-electron chi connectivity index (χ3n) is 4.40. The quantitative estimate of drug-likeness (QED) is 0.685. The normalized spacial score (nSPS) is 17.1. The van der Waals surface area contributed by atoms with E-state index in [4.69, 9.17) is 13.9 Å². The standard InChI is InChI=1S/C18H24O5/c1-3-13-15(17(19)21-9-11-5-6-11)16(14(4-2)23-13)18(20)22-10-12-7-8-12/h11-12H,3-10H2,1-2H3. The van der Waals surface area contributed by atoms with Gasteiger partial charge in [-0.2, -0.15) is 0 Å². The molecule has 1 heterocycles. The first-order valence-corrected chi connectivity index (χ1v) is 8.62. The first-order valence-electron chi connectivity index (χ1n) is 8.62. The van der Waals surface area contributed by atoms with E-state index in [0.29, 0.717) is 49.4 Å². The van der Waals surface area contributed by atoms with Crippen molar-refractivity contribution in [1.29, 1.82) is 0 Å². The minimum absolute atomic E-state index is 0.269. The van der Waals surface area contributed by atoms with Gasteiger partial charge in [0.25, 0.3) is 0 Å². The molecule has 0 amide bonds. The van der Waals surface area contributed by atoms with Crippen LogP contribution in [0.1, 0.15) is 71.8 Å². The molecule has 0 aliphatic heterocycles. The van der Waals surface area contributed by atoms with Crippen molar-refractivity contribution in [1.82, 2.24) is 0 Å². The number of carbonyl (C=O) groups is 2. The Kier molecular flexibility index (Phi) is 4.74. The lowest BCUT2D eigenvalue weighted by molar-refractivity contribution is 0.0438. The van der Waals surface area contributed by atoms with E-state index in [-0.39, 0.29) is 11.1 Å². The highest BCUT2D eigenvalue weighted by atomic mass is 16.5. The molecule has 1 aromatic heterocycles. The van der Waals surface area contributed by atoms with Gasteiger partial charge < -0.3 is 13.9 Å². The number of aryl methyl sites for hydroxylation is 2. The molecule has 0 bridgehead atoms. The van der Waals surface area contributed by atoms with Gasteiger partial charge in [0.05, 0.1) is 13.2 Å². The lowest BCUT2D eigenvalue weighted by Gasteiger charge is -2.07. The van der Waals surface area contributed by atoms with Crippen molar-refractivity contribution in [2.75, 3.05) is 13.2 Å². The molecular weight excluding hydrogens is 296 g/mol. The number of esters is 2. The first-order chi connectivity index (χ1) is 11.1. The van der Waals surface area contributed by atoms with E-state index in [0.717, 1.165) is 25.7 Å². The fraction of sp³-hybridized carbons (Fsp3) is 0.667.